The topological polar surface area (TPSA) is 84.1 Å². The van der Waals surface area contributed by atoms with Crippen LogP contribution >= 0.6 is 0 Å². The molecule has 10 heteroatoms. The summed E-state index contributed by atoms with van der Waals surface area (Å²) >= 11 is 0. The number of aromatic amines is 1. The van der Waals surface area contributed by atoms with Gasteiger partial charge in [0.05, 0.1) is 16.6 Å². The highest BCUT2D eigenvalue weighted by Crippen LogP contribution is 2.40. The highest BCUT2D eigenvalue weighted by Gasteiger charge is 2.35. The number of rotatable bonds is 3. The molecule has 0 spiro atoms. The summed E-state index contributed by atoms with van der Waals surface area (Å²) < 4.78 is 50.5. The minimum absolute atomic E-state index is 0.0552. The third-order valence-corrected chi connectivity index (χ3v) is 3.81. The van der Waals surface area contributed by atoms with Gasteiger partial charge >= 0.3 is 6.18 Å². The predicted octanol–water partition coefficient (Wildman–Crippen LogP) is 3.33. The summed E-state index contributed by atoms with van der Waals surface area (Å²) in [5.41, 5.74) is -0.234. The van der Waals surface area contributed by atoms with Gasteiger partial charge in [0.15, 0.2) is 11.5 Å². The molecule has 0 amide bonds. The second-order valence-electron chi connectivity index (χ2n) is 5.44. The van der Waals surface area contributed by atoms with Gasteiger partial charge in [-0.25, -0.2) is 0 Å². The van der Waals surface area contributed by atoms with E-state index in [0.29, 0.717) is 30.4 Å². The average Bonchev–Trinajstić information content (AvgIpc) is 3.06. The van der Waals surface area contributed by atoms with Crippen molar-refractivity contribution in [2.75, 3.05) is 30.9 Å². The lowest BCUT2D eigenvalue weighted by molar-refractivity contribution is -0.136. The number of anilines is 3. The van der Waals surface area contributed by atoms with E-state index in [-0.39, 0.29) is 22.8 Å². The van der Waals surface area contributed by atoms with E-state index in [1.54, 1.807) is 12.1 Å². The van der Waals surface area contributed by atoms with Crippen LogP contribution in [0, 0.1) is 6.07 Å². The molecule has 0 saturated carbocycles. The number of nitrogens with zero attached hydrogens (tertiary/aromatic N) is 2. The first-order chi connectivity index (χ1) is 12.5. The van der Waals surface area contributed by atoms with Crippen LogP contribution in [0.4, 0.5) is 30.6 Å². The van der Waals surface area contributed by atoms with Gasteiger partial charge in [0, 0.05) is 19.3 Å². The van der Waals surface area contributed by atoms with Crippen LogP contribution in [-0.2, 0) is 6.18 Å². The van der Waals surface area contributed by atoms with E-state index < -0.39 is 11.7 Å². The van der Waals surface area contributed by atoms with Crippen molar-refractivity contribution >= 4 is 28.5 Å². The lowest BCUT2D eigenvalue weighted by atomic mass is 10.2. The molecule has 3 N–H and O–H groups in total. The highest BCUT2D eigenvalue weighted by atomic mass is 19.4. The molecule has 4 rings (SSSR count). The van der Waals surface area contributed by atoms with Crippen molar-refractivity contribution < 1.29 is 22.6 Å². The van der Waals surface area contributed by atoms with Crippen molar-refractivity contribution in [1.29, 1.82) is 0 Å². The number of H-pyrrole nitrogens is 1. The zero-order valence-electron chi connectivity index (χ0n) is 13.5. The molecule has 1 aliphatic heterocycles. The Labute approximate surface area is 145 Å². The monoisotopic (exact) mass is 364 g/mol. The van der Waals surface area contributed by atoms with Gasteiger partial charge in [0.1, 0.15) is 24.7 Å². The second kappa shape index (κ2) is 5.97. The third kappa shape index (κ3) is 2.72. The number of hydrogen-bond acceptors (Lipinski definition) is 6. The molecule has 0 atom stereocenters. The van der Waals surface area contributed by atoms with Gasteiger partial charge in [-0.3, -0.25) is 0 Å². The molecular weight excluding hydrogens is 351 g/mol. The average molecular weight is 364 g/mol. The van der Waals surface area contributed by atoms with E-state index >= 15 is 0 Å². The largest absolute Gasteiger partial charge is 0.485 e. The summed E-state index contributed by atoms with van der Waals surface area (Å²) in [7, 11) is 1.50. The van der Waals surface area contributed by atoms with Crippen molar-refractivity contribution in [2.24, 2.45) is 0 Å². The number of benzene rings is 1. The Hall–Kier alpha value is -3.17. The maximum Gasteiger partial charge on any atom is 0.418 e. The molecule has 0 unspecified atom stereocenters. The summed E-state index contributed by atoms with van der Waals surface area (Å²) in [6.45, 7) is 0.800. The molecule has 1 radical (unpaired) electrons. The summed E-state index contributed by atoms with van der Waals surface area (Å²) in [6.07, 6.45) is -3.64. The molecule has 1 aromatic carbocycles. The molecule has 135 valence electrons. The van der Waals surface area contributed by atoms with E-state index in [4.69, 9.17) is 9.47 Å². The van der Waals surface area contributed by atoms with Gasteiger partial charge in [-0.05, 0) is 12.1 Å². The summed E-state index contributed by atoms with van der Waals surface area (Å²) in [5.74, 6) is 1.07. The van der Waals surface area contributed by atoms with Crippen LogP contribution in [0.3, 0.4) is 0 Å². The lowest BCUT2D eigenvalue weighted by Crippen LogP contribution is -2.16. The smallest absolute Gasteiger partial charge is 0.418 e. The maximum atomic E-state index is 13.2. The van der Waals surface area contributed by atoms with E-state index in [0.717, 1.165) is 6.20 Å². The minimum atomic E-state index is -4.51. The van der Waals surface area contributed by atoms with Gasteiger partial charge in [-0.15, -0.1) is 0 Å². The number of halogens is 3. The van der Waals surface area contributed by atoms with Gasteiger partial charge in [0.25, 0.3) is 0 Å². The highest BCUT2D eigenvalue weighted by molar-refractivity contribution is 5.92. The standard InChI is InChI=1S/C16H13F3N5O2/c1-20-13-11-8(16(17,18)19)7-21-14(11)24-15(23-13)22-9-3-2-4-10-12(9)26-6-5-25-10/h2-3,7H,5-6H2,1H3,(H3,20,21,22,23,24). The minimum Gasteiger partial charge on any atom is -0.485 e. The van der Waals surface area contributed by atoms with E-state index in [9.17, 15) is 13.2 Å². The predicted molar refractivity (Wildman–Crippen MR) is 88.0 cm³/mol. The molecule has 2 aromatic heterocycles. The Morgan fingerprint density at radius 3 is 2.81 bits per heavy atom. The number of aromatic nitrogens is 3. The lowest BCUT2D eigenvalue weighted by Gasteiger charge is -2.20. The van der Waals surface area contributed by atoms with Gasteiger partial charge in [-0.2, -0.15) is 23.1 Å². The zero-order chi connectivity index (χ0) is 18.3. The Morgan fingerprint density at radius 2 is 2.04 bits per heavy atom. The summed E-state index contributed by atoms with van der Waals surface area (Å²) in [4.78, 5) is 10.8. The van der Waals surface area contributed by atoms with Crippen molar-refractivity contribution in [3.05, 3.63) is 30.0 Å². The first-order valence-electron chi connectivity index (χ1n) is 7.69. The molecule has 3 heterocycles. The molecule has 1 aliphatic rings. The van der Waals surface area contributed by atoms with Crippen LogP contribution in [-0.4, -0.2) is 35.2 Å². The molecular formula is C16H13F3N5O2. The Morgan fingerprint density at radius 1 is 1.23 bits per heavy atom. The van der Waals surface area contributed by atoms with Gasteiger partial charge in [0.2, 0.25) is 5.95 Å². The van der Waals surface area contributed by atoms with Crippen LogP contribution in [0.15, 0.2) is 18.3 Å². The first-order valence-corrected chi connectivity index (χ1v) is 7.69. The number of fused-ring (bicyclic) bond motifs is 2. The Kier molecular flexibility index (Phi) is 3.74. The molecule has 26 heavy (non-hydrogen) atoms. The molecule has 0 aliphatic carbocycles. The van der Waals surface area contributed by atoms with Crippen LogP contribution in [0.2, 0.25) is 0 Å². The number of nitrogens with one attached hydrogen (secondary N) is 3. The molecule has 0 fully saturated rings. The van der Waals surface area contributed by atoms with Crippen molar-refractivity contribution in [3.63, 3.8) is 0 Å². The van der Waals surface area contributed by atoms with E-state index in [2.05, 4.69) is 31.7 Å². The molecule has 0 saturated heterocycles. The van der Waals surface area contributed by atoms with Crippen molar-refractivity contribution in [1.82, 2.24) is 15.0 Å². The van der Waals surface area contributed by atoms with Crippen molar-refractivity contribution in [2.45, 2.75) is 6.18 Å². The quantitative estimate of drug-likeness (QED) is 0.661. The van der Waals surface area contributed by atoms with Crippen molar-refractivity contribution in [3.8, 4) is 11.5 Å². The number of ether oxygens (including phenoxy) is 2. The van der Waals surface area contributed by atoms with E-state index in [1.165, 1.54) is 7.05 Å². The molecule has 3 aromatic rings. The van der Waals surface area contributed by atoms with Crippen LogP contribution in [0.5, 0.6) is 11.5 Å². The summed E-state index contributed by atoms with van der Waals surface area (Å²) in [6, 6.07) is 6.25. The first kappa shape index (κ1) is 16.3. The number of hydrogen-bond donors (Lipinski definition) is 3. The van der Waals surface area contributed by atoms with Crippen LogP contribution in [0.1, 0.15) is 5.56 Å². The summed E-state index contributed by atoms with van der Waals surface area (Å²) in [5, 5.41) is 5.53. The molecule has 0 bridgehead atoms. The van der Waals surface area contributed by atoms with Gasteiger partial charge < -0.3 is 25.1 Å². The second-order valence-corrected chi connectivity index (χ2v) is 5.44. The fourth-order valence-corrected chi connectivity index (χ4v) is 2.71. The maximum absolute atomic E-state index is 13.2. The molecule has 7 nitrogen and oxygen atoms in total. The normalized spacial score (nSPS) is 13.7. The fourth-order valence-electron chi connectivity index (χ4n) is 2.71. The Balaban J connectivity index is 1.77. The van der Waals surface area contributed by atoms with Gasteiger partial charge in [-0.1, -0.05) is 0 Å². The van der Waals surface area contributed by atoms with E-state index in [1.807, 2.05) is 0 Å². The SMILES string of the molecule is CNc1nc(Nc2cc[c]c3c2OCCO3)nc2[nH]cc(C(F)(F)F)c12. The Bertz CT molecular complexity index is 970. The fraction of sp³-hybridized carbons (Fsp3) is 0.250. The van der Waals surface area contributed by atoms with Crippen LogP contribution in [0.25, 0.3) is 11.0 Å². The number of alkyl halides is 3. The zero-order valence-corrected chi connectivity index (χ0v) is 13.5. The van der Waals surface area contributed by atoms with Crippen LogP contribution < -0.4 is 20.1 Å². The third-order valence-electron chi connectivity index (χ3n) is 3.81.